The van der Waals surface area contributed by atoms with Crippen LogP contribution in [0.25, 0.3) is 27.8 Å². The second-order valence-electron chi connectivity index (χ2n) is 7.73. The molecule has 0 aliphatic rings. The minimum atomic E-state index is -4.69. The lowest BCUT2D eigenvalue weighted by Crippen LogP contribution is -2.24. The van der Waals surface area contributed by atoms with E-state index in [1.807, 2.05) is 13.8 Å². The van der Waals surface area contributed by atoms with E-state index in [0.717, 1.165) is 16.9 Å². The van der Waals surface area contributed by atoms with Crippen LogP contribution in [0.4, 0.5) is 17.6 Å². The van der Waals surface area contributed by atoms with Gasteiger partial charge in [-0.05, 0) is 30.5 Å². The van der Waals surface area contributed by atoms with Gasteiger partial charge in [0.15, 0.2) is 17.3 Å². The molecule has 0 bridgehead atoms. The van der Waals surface area contributed by atoms with Gasteiger partial charge < -0.3 is 5.11 Å². The fourth-order valence-corrected chi connectivity index (χ4v) is 3.77. The van der Waals surface area contributed by atoms with E-state index in [9.17, 15) is 23.1 Å². The van der Waals surface area contributed by atoms with Crippen molar-refractivity contribution < 1.29 is 22.7 Å². The average molecular weight is 464 g/mol. The van der Waals surface area contributed by atoms with Crippen LogP contribution in [0.2, 0.25) is 0 Å². The number of nitrogens with one attached hydrogen (secondary N) is 1. The number of fused-ring (bicyclic) bond motifs is 1. The number of rotatable bonds is 5. The summed E-state index contributed by atoms with van der Waals surface area (Å²) in [5, 5.41) is 19.5. The molecule has 1 aromatic carbocycles. The van der Waals surface area contributed by atoms with Gasteiger partial charge in [0.2, 0.25) is 0 Å². The number of benzene rings is 1. The molecule has 0 saturated carbocycles. The number of alkyl halides is 3. The summed E-state index contributed by atoms with van der Waals surface area (Å²) in [4.78, 5) is 16.9. The van der Waals surface area contributed by atoms with Crippen LogP contribution >= 0.6 is 0 Å². The normalized spacial score (nSPS) is 12.3. The number of aliphatic hydroxyl groups is 1. The number of nitrogens with zero attached hydrogens (tertiary/aromatic N) is 5. The zero-order valence-electron chi connectivity index (χ0n) is 17.9. The SMILES string of the molecule is CCn1c(CO)nn(-c2cc3c(C(C)C)cc(-c4c[nH]nc4C(F)(F)F)nc3cc2F)c1=O. The predicted octanol–water partition coefficient (Wildman–Crippen LogP) is 3.77. The van der Waals surface area contributed by atoms with Crippen molar-refractivity contribution in [2.75, 3.05) is 0 Å². The lowest BCUT2D eigenvalue weighted by Gasteiger charge is -2.14. The molecule has 0 fully saturated rings. The Labute approximate surface area is 184 Å². The number of halogens is 4. The van der Waals surface area contributed by atoms with Crippen molar-refractivity contribution in [1.82, 2.24) is 29.5 Å². The highest BCUT2D eigenvalue weighted by Gasteiger charge is 2.37. The number of pyridine rings is 1. The molecule has 0 radical (unpaired) electrons. The highest BCUT2D eigenvalue weighted by atomic mass is 19.4. The molecule has 33 heavy (non-hydrogen) atoms. The quantitative estimate of drug-likeness (QED) is 0.438. The Bertz CT molecular complexity index is 1400. The van der Waals surface area contributed by atoms with Crippen molar-refractivity contribution in [2.24, 2.45) is 0 Å². The molecule has 174 valence electrons. The summed E-state index contributed by atoms with van der Waals surface area (Å²) in [6.07, 6.45) is -3.60. The van der Waals surface area contributed by atoms with Crippen molar-refractivity contribution in [2.45, 2.75) is 46.0 Å². The van der Waals surface area contributed by atoms with Crippen LogP contribution in [0.1, 0.15) is 43.8 Å². The van der Waals surface area contributed by atoms with Crippen molar-refractivity contribution in [3.05, 3.63) is 57.8 Å². The minimum Gasteiger partial charge on any atom is -0.388 e. The monoisotopic (exact) mass is 464 g/mol. The highest BCUT2D eigenvalue weighted by molar-refractivity contribution is 5.87. The summed E-state index contributed by atoms with van der Waals surface area (Å²) < 4.78 is 57.2. The third kappa shape index (κ3) is 3.80. The third-order valence-electron chi connectivity index (χ3n) is 5.34. The van der Waals surface area contributed by atoms with Gasteiger partial charge in [-0.15, -0.1) is 5.10 Å². The number of hydrogen-bond donors (Lipinski definition) is 2. The topological polar surface area (TPSA) is 102 Å². The molecule has 12 heteroatoms. The molecular weight excluding hydrogens is 444 g/mol. The average Bonchev–Trinajstić information content (AvgIpc) is 3.37. The molecule has 0 aliphatic carbocycles. The smallest absolute Gasteiger partial charge is 0.388 e. The van der Waals surface area contributed by atoms with E-state index in [2.05, 4.69) is 20.3 Å². The molecule has 3 heterocycles. The van der Waals surface area contributed by atoms with Gasteiger partial charge in [0, 0.05) is 24.2 Å². The third-order valence-corrected chi connectivity index (χ3v) is 5.34. The van der Waals surface area contributed by atoms with E-state index < -0.39 is 30.0 Å². The largest absolute Gasteiger partial charge is 0.435 e. The van der Waals surface area contributed by atoms with Crippen LogP contribution in [-0.4, -0.2) is 34.6 Å². The van der Waals surface area contributed by atoms with Gasteiger partial charge in [-0.3, -0.25) is 9.67 Å². The zero-order valence-corrected chi connectivity index (χ0v) is 17.9. The van der Waals surface area contributed by atoms with Gasteiger partial charge in [-0.2, -0.15) is 23.0 Å². The van der Waals surface area contributed by atoms with Crippen LogP contribution < -0.4 is 5.69 Å². The second kappa shape index (κ2) is 8.10. The van der Waals surface area contributed by atoms with Gasteiger partial charge >= 0.3 is 11.9 Å². The maximum atomic E-state index is 15.1. The first kappa shape index (κ1) is 22.6. The number of aliphatic hydroxyl groups excluding tert-OH is 1. The fraction of sp³-hybridized carbons (Fsp3) is 0.333. The molecule has 0 unspecified atom stereocenters. The molecule has 3 aromatic heterocycles. The Morgan fingerprint density at radius 3 is 2.52 bits per heavy atom. The van der Waals surface area contributed by atoms with Crippen LogP contribution in [-0.2, 0) is 19.3 Å². The molecule has 0 aliphatic heterocycles. The Kier molecular flexibility index (Phi) is 5.56. The number of hydrogen-bond acceptors (Lipinski definition) is 5. The van der Waals surface area contributed by atoms with Crippen molar-refractivity contribution in [1.29, 1.82) is 0 Å². The van der Waals surface area contributed by atoms with Crippen LogP contribution in [0.15, 0.2) is 29.2 Å². The summed E-state index contributed by atoms with van der Waals surface area (Å²) in [7, 11) is 0. The van der Waals surface area contributed by atoms with E-state index in [1.165, 1.54) is 16.7 Å². The summed E-state index contributed by atoms with van der Waals surface area (Å²) >= 11 is 0. The highest BCUT2D eigenvalue weighted by Crippen LogP contribution is 2.37. The van der Waals surface area contributed by atoms with E-state index in [-0.39, 0.29) is 40.7 Å². The van der Waals surface area contributed by atoms with Crippen molar-refractivity contribution >= 4 is 10.9 Å². The second-order valence-corrected chi connectivity index (χ2v) is 7.73. The molecule has 0 spiro atoms. The van der Waals surface area contributed by atoms with E-state index >= 15 is 4.39 Å². The van der Waals surface area contributed by atoms with Crippen LogP contribution in [0, 0.1) is 5.82 Å². The molecule has 4 aromatic rings. The molecule has 0 atom stereocenters. The van der Waals surface area contributed by atoms with Gasteiger partial charge in [0.1, 0.15) is 12.3 Å². The summed E-state index contributed by atoms with van der Waals surface area (Å²) in [6.45, 7) is 5.10. The van der Waals surface area contributed by atoms with E-state index in [1.54, 1.807) is 6.92 Å². The zero-order chi connectivity index (χ0) is 24.1. The van der Waals surface area contributed by atoms with Gasteiger partial charge in [-0.1, -0.05) is 13.8 Å². The summed E-state index contributed by atoms with van der Waals surface area (Å²) in [6, 6.07) is 3.96. The number of aromatic nitrogens is 6. The lowest BCUT2D eigenvalue weighted by molar-refractivity contribution is -0.140. The van der Waals surface area contributed by atoms with Gasteiger partial charge in [0.25, 0.3) is 0 Å². The Morgan fingerprint density at radius 2 is 1.94 bits per heavy atom. The fourth-order valence-electron chi connectivity index (χ4n) is 3.77. The molecular formula is C21H20F4N6O2. The van der Waals surface area contributed by atoms with E-state index in [4.69, 9.17) is 0 Å². The maximum Gasteiger partial charge on any atom is 0.435 e. The standard InChI is InChI=1S/C21H20F4N6O2/c1-4-30-18(9-32)29-31(20(30)33)17-6-12-11(10(2)3)5-15(27-16(12)7-14(17)22)13-8-26-28-19(13)21(23,24)25/h5-8,10,32H,4,9H2,1-3H3,(H,26,28). The summed E-state index contributed by atoms with van der Waals surface area (Å²) in [5.41, 5.74) is -1.41. The molecule has 0 amide bonds. The number of H-pyrrole nitrogens is 1. The maximum absolute atomic E-state index is 15.1. The van der Waals surface area contributed by atoms with E-state index in [0.29, 0.717) is 10.9 Å². The van der Waals surface area contributed by atoms with Crippen molar-refractivity contribution in [3.8, 4) is 16.9 Å². The molecule has 4 rings (SSSR count). The van der Waals surface area contributed by atoms with Crippen molar-refractivity contribution in [3.63, 3.8) is 0 Å². The first-order valence-electron chi connectivity index (χ1n) is 10.1. The first-order chi connectivity index (χ1) is 15.6. The van der Waals surface area contributed by atoms with Crippen LogP contribution in [0.5, 0.6) is 0 Å². The number of aromatic amines is 1. The molecule has 8 nitrogen and oxygen atoms in total. The van der Waals surface area contributed by atoms with Crippen LogP contribution in [0.3, 0.4) is 0 Å². The Balaban J connectivity index is 1.97. The Hall–Kier alpha value is -3.54. The summed E-state index contributed by atoms with van der Waals surface area (Å²) in [5.74, 6) is -0.914. The molecule has 2 N–H and O–H groups in total. The first-order valence-corrected chi connectivity index (χ1v) is 10.1. The Morgan fingerprint density at radius 1 is 1.21 bits per heavy atom. The lowest BCUT2D eigenvalue weighted by atomic mass is 9.96. The van der Waals surface area contributed by atoms with Gasteiger partial charge in [0.05, 0.1) is 16.8 Å². The predicted molar refractivity (Wildman–Crippen MR) is 111 cm³/mol. The van der Waals surface area contributed by atoms with Gasteiger partial charge in [-0.25, -0.2) is 14.2 Å². The molecule has 0 saturated heterocycles. The minimum absolute atomic E-state index is 0.00517.